The molecule has 0 saturated carbocycles. The fraction of sp³-hybridized carbons (Fsp3) is 0.200. The molecule has 106 valence electrons. The van der Waals surface area contributed by atoms with Crippen LogP contribution in [-0.4, -0.2) is 0 Å². The van der Waals surface area contributed by atoms with Crippen molar-refractivity contribution >= 4 is 0 Å². The van der Waals surface area contributed by atoms with E-state index in [0.717, 1.165) is 23.8 Å². The molecule has 5 heteroatoms. The maximum Gasteiger partial charge on any atom is 0.128 e. The minimum atomic E-state index is -0.633. The Morgan fingerprint density at radius 2 is 1.80 bits per heavy atom. The van der Waals surface area contributed by atoms with Crippen molar-refractivity contribution in [3.05, 3.63) is 70.5 Å². The van der Waals surface area contributed by atoms with Crippen molar-refractivity contribution < 1.29 is 13.2 Å². The number of aryl methyl sites for hydroxylation is 1. The van der Waals surface area contributed by atoms with Gasteiger partial charge < -0.3 is 0 Å². The van der Waals surface area contributed by atoms with Gasteiger partial charge >= 0.3 is 0 Å². The summed E-state index contributed by atoms with van der Waals surface area (Å²) in [4.78, 5) is 0. The summed E-state index contributed by atoms with van der Waals surface area (Å²) in [6.45, 7) is 1.77. The summed E-state index contributed by atoms with van der Waals surface area (Å²) >= 11 is 0. The fourth-order valence-electron chi connectivity index (χ4n) is 2.09. The second-order valence-electron chi connectivity index (χ2n) is 4.68. The molecule has 1 unspecified atom stereocenters. The van der Waals surface area contributed by atoms with Crippen LogP contribution in [0.1, 0.15) is 22.7 Å². The highest BCUT2D eigenvalue weighted by Crippen LogP contribution is 2.23. The third-order valence-corrected chi connectivity index (χ3v) is 3.16. The average Bonchev–Trinajstić information content (AvgIpc) is 2.40. The van der Waals surface area contributed by atoms with Gasteiger partial charge in [0.2, 0.25) is 0 Å². The SMILES string of the molecule is Cc1ccc(C(Cc2cc(F)ccc2F)NN)c(F)c1. The Bertz CT molecular complexity index is 614. The molecule has 0 aromatic heterocycles. The fourth-order valence-corrected chi connectivity index (χ4v) is 2.09. The van der Waals surface area contributed by atoms with Crippen molar-refractivity contribution in [3.63, 3.8) is 0 Å². The summed E-state index contributed by atoms with van der Waals surface area (Å²) in [5.41, 5.74) is 3.69. The third kappa shape index (κ3) is 3.18. The zero-order valence-electron chi connectivity index (χ0n) is 11.0. The number of benzene rings is 2. The largest absolute Gasteiger partial charge is 0.271 e. The molecule has 20 heavy (non-hydrogen) atoms. The summed E-state index contributed by atoms with van der Waals surface area (Å²) < 4.78 is 40.7. The zero-order chi connectivity index (χ0) is 14.7. The van der Waals surface area contributed by atoms with Crippen molar-refractivity contribution in [2.75, 3.05) is 0 Å². The lowest BCUT2D eigenvalue weighted by atomic mass is 9.97. The third-order valence-electron chi connectivity index (χ3n) is 3.16. The smallest absolute Gasteiger partial charge is 0.128 e. The molecule has 3 N–H and O–H groups in total. The van der Waals surface area contributed by atoms with Crippen LogP contribution in [0, 0.1) is 24.4 Å². The van der Waals surface area contributed by atoms with Gasteiger partial charge in [0.15, 0.2) is 0 Å². The van der Waals surface area contributed by atoms with Gasteiger partial charge in [-0.2, -0.15) is 0 Å². The lowest BCUT2D eigenvalue weighted by Gasteiger charge is -2.18. The van der Waals surface area contributed by atoms with E-state index >= 15 is 0 Å². The standard InChI is InChI=1S/C15H15F3N2/c1-9-2-4-12(14(18)6-9)15(20-19)8-10-7-11(16)3-5-13(10)17/h2-7,15,20H,8,19H2,1H3. The summed E-state index contributed by atoms with van der Waals surface area (Å²) in [5.74, 6) is 3.91. The van der Waals surface area contributed by atoms with Crippen LogP contribution in [-0.2, 0) is 6.42 Å². The molecule has 0 aliphatic rings. The Labute approximate surface area is 115 Å². The predicted octanol–water partition coefficient (Wildman–Crippen LogP) is 3.16. The first-order valence-electron chi connectivity index (χ1n) is 6.17. The maximum atomic E-state index is 13.9. The van der Waals surface area contributed by atoms with Gasteiger partial charge in [-0.15, -0.1) is 0 Å². The molecule has 2 nitrogen and oxygen atoms in total. The second kappa shape index (κ2) is 6.07. The summed E-state index contributed by atoms with van der Waals surface area (Å²) in [6.07, 6.45) is 0.0556. The van der Waals surface area contributed by atoms with Crippen LogP contribution < -0.4 is 11.3 Å². The first kappa shape index (κ1) is 14.6. The Balaban J connectivity index is 2.31. The van der Waals surface area contributed by atoms with E-state index in [1.165, 1.54) is 6.07 Å². The molecule has 2 aromatic rings. The summed E-state index contributed by atoms with van der Waals surface area (Å²) in [7, 11) is 0. The number of hydrogen-bond acceptors (Lipinski definition) is 2. The predicted molar refractivity (Wildman–Crippen MR) is 71.3 cm³/mol. The topological polar surface area (TPSA) is 38.0 Å². The molecular formula is C15H15F3N2. The van der Waals surface area contributed by atoms with Crippen LogP contribution in [0.15, 0.2) is 36.4 Å². The molecule has 0 saturated heterocycles. The number of nitrogens with one attached hydrogen (secondary N) is 1. The first-order chi connectivity index (χ1) is 9.51. The van der Waals surface area contributed by atoms with E-state index in [0.29, 0.717) is 5.56 Å². The lowest BCUT2D eigenvalue weighted by Crippen LogP contribution is -2.30. The van der Waals surface area contributed by atoms with Crippen molar-refractivity contribution in [1.29, 1.82) is 0 Å². The van der Waals surface area contributed by atoms with Gasteiger partial charge in [0.05, 0.1) is 6.04 Å². The molecule has 0 heterocycles. The van der Waals surface area contributed by atoms with Crippen molar-refractivity contribution in [3.8, 4) is 0 Å². The van der Waals surface area contributed by atoms with Crippen molar-refractivity contribution in [2.45, 2.75) is 19.4 Å². The molecule has 1 atom stereocenters. The lowest BCUT2D eigenvalue weighted by molar-refractivity contribution is 0.495. The second-order valence-corrected chi connectivity index (χ2v) is 4.68. The van der Waals surface area contributed by atoms with Gasteiger partial charge in [0, 0.05) is 5.56 Å². The summed E-state index contributed by atoms with van der Waals surface area (Å²) in [5, 5.41) is 0. The molecule has 0 bridgehead atoms. The highest BCUT2D eigenvalue weighted by atomic mass is 19.1. The molecule has 0 radical (unpaired) electrons. The van der Waals surface area contributed by atoms with E-state index in [1.54, 1.807) is 19.1 Å². The monoisotopic (exact) mass is 280 g/mol. The van der Waals surface area contributed by atoms with Crippen LogP contribution in [0.3, 0.4) is 0 Å². The molecule has 0 aliphatic carbocycles. The molecule has 0 amide bonds. The Morgan fingerprint density at radius 3 is 2.45 bits per heavy atom. The minimum absolute atomic E-state index is 0.0556. The molecular weight excluding hydrogens is 265 g/mol. The highest BCUT2D eigenvalue weighted by Gasteiger charge is 2.17. The van der Waals surface area contributed by atoms with Gasteiger partial charge in [0.1, 0.15) is 17.5 Å². The zero-order valence-corrected chi connectivity index (χ0v) is 11.0. The molecule has 0 spiro atoms. The van der Waals surface area contributed by atoms with Crippen molar-refractivity contribution in [1.82, 2.24) is 5.43 Å². The van der Waals surface area contributed by atoms with Gasteiger partial charge in [-0.3, -0.25) is 11.3 Å². The van der Waals surface area contributed by atoms with Gasteiger partial charge in [0.25, 0.3) is 0 Å². The first-order valence-corrected chi connectivity index (χ1v) is 6.17. The van der Waals surface area contributed by atoms with Crippen molar-refractivity contribution in [2.24, 2.45) is 5.84 Å². The molecule has 0 aliphatic heterocycles. The van der Waals surface area contributed by atoms with E-state index < -0.39 is 23.5 Å². The minimum Gasteiger partial charge on any atom is -0.271 e. The number of hydrogen-bond donors (Lipinski definition) is 2. The number of halogens is 3. The van der Waals surface area contributed by atoms with E-state index in [9.17, 15) is 13.2 Å². The maximum absolute atomic E-state index is 13.9. The normalized spacial score (nSPS) is 12.4. The molecule has 2 rings (SSSR count). The van der Waals surface area contributed by atoms with Crippen LogP contribution in [0.2, 0.25) is 0 Å². The quantitative estimate of drug-likeness (QED) is 0.667. The van der Waals surface area contributed by atoms with Gasteiger partial charge in [-0.1, -0.05) is 12.1 Å². The number of hydrazine groups is 1. The molecule has 2 aromatic carbocycles. The van der Waals surface area contributed by atoms with Crippen LogP contribution in [0.25, 0.3) is 0 Å². The van der Waals surface area contributed by atoms with Crippen LogP contribution in [0.4, 0.5) is 13.2 Å². The van der Waals surface area contributed by atoms with Crippen LogP contribution in [0.5, 0.6) is 0 Å². The average molecular weight is 280 g/mol. The molecule has 0 fully saturated rings. The highest BCUT2D eigenvalue weighted by molar-refractivity contribution is 5.29. The van der Waals surface area contributed by atoms with E-state index in [-0.39, 0.29) is 12.0 Å². The number of nitrogens with two attached hydrogens (primary N) is 1. The van der Waals surface area contributed by atoms with E-state index in [4.69, 9.17) is 5.84 Å². The summed E-state index contributed by atoms with van der Waals surface area (Å²) in [6, 6.07) is 7.25. The Hall–Kier alpha value is -1.85. The Kier molecular flexibility index (Phi) is 4.42. The Morgan fingerprint density at radius 1 is 1.05 bits per heavy atom. The number of rotatable bonds is 4. The van der Waals surface area contributed by atoms with Gasteiger partial charge in [-0.25, -0.2) is 13.2 Å². The van der Waals surface area contributed by atoms with Gasteiger partial charge in [-0.05, 0) is 48.7 Å². The van der Waals surface area contributed by atoms with Crippen LogP contribution >= 0.6 is 0 Å². The van der Waals surface area contributed by atoms with E-state index in [2.05, 4.69) is 5.43 Å². The van der Waals surface area contributed by atoms with E-state index in [1.807, 2.05) is 0 Å².